The van der Waals surface area contributed by atoms with E-state index in [1.165, 1.54) is 11.3 Å². The predicted octanol–water partition coefficient (Wildman–Crippen LogP) is 3.14. The summed E-state index contributed by atoms with van der Waals surface area (Å²) in [6, 6.07) is 7.63. The van der Waals surface area contributed by atoms with Crippen molar-refractivity contribution in [3.63, 3.8) is 0 Å². The highest BCUT2D eigenvalue weighted by atomic mass is 32.1. The summed E-state index contributed by atoms with van der Waals surface area (Å²) in [5.41, 5.74) is 2.03. The maximum atomic E-state index is 13.4. The molecule has 0 aliphatic carbocycles. The second-order valence-electron chi connectivity index (χ2n) is 7.30. The summed E-state index contributed by atoms with van der Waals surface area (Å²) in [4.78, 5) is 35.4. The topological polar surface area (TPSA) is 67.7 Å². The van der Waals surface area contributed by atoms with E-state index in [2.05, 4.69) is 16.5 Å². The lowest BCUT2D eigenvalue weighted by Crippen LogP contribution is -2.49. The minimum Gasteiger partial charge on any atom is -0.377 e. The standard InChI is InChI=1S/C23H26N4O3S/c1-3-10-27-21-17(7-5-9-24-21)20(18(22(27)28)16-30-4-2)25-11-13-26(14-12-25)23(29)19-8-6-15-31-19/h3,5-9,15H,1,4,10-14,16H2,2H3. The lowest BCUT2D eigenvalue weighted by Gasteiger charge is -2.37. The first-order chi connectivity index (χ1) is 15.2. The van der Waals surface area contributed by atoms with E-state index in [1.54, 1.807) is 16.8 Å². The van der Waals surface area contributed by atoms with Crippen molar-refractivity contribution in [2.24, 2.45) is 0 Å². The molecule has 4 rings (SSSR count). The van der Waals surface area contributed by atoms with Crippen molar-refractivity contribution in [2.75, 3.05) is 37.7 Å². The maximum Gasteiger partial charge on any atom is 0.264 e. The number of nitrogens with zero attached hydrogens (tertiary/aromatic N) is 4. The summed E-state index contributed by atoms with van der Waals surface area (Å²) < 4.78 is 7.32. The quantitative estimate of drug-likeness (QED) is 0.530. The molecule has 1 amide bonds. The van der Waals surface area contributed by atoms with Crippen LogP contribution in [0.25, 0.3) is 11.0 Å². The first-order valence-electron chi connectivity index (χ1n) is 10.4. The Kier molecular flexibility index (Phi) is 6.48. The van der Waals surface area contributed by atoms with E-state index in [0.717, 1.165) is 16.0 Å². The van der Waals surface area contributed by atoms with Gasteiger partial charge in [0.1, 0.15) is 5.65 Å². The number of anilines is 1. The SMILES string of the molecule is C=CCn1c(=O)c(COCC)c(N2CCN(C(=O)c3cccs3)CC2)c2cccnc21. The van der Waals surface area contributed by atoms with Gasteiger partial charge in [-0.2, -0.15) is 0 Å². The van der Waals surface area contributed by atoms with E-state index in [0.29, 0.717) is 50.5 Å². The molecular formula is C23H26N4O3S. The first-order valence-corrected chi connectivity index (χ1v) is 11.3. The molecule has 1 fully saturated rings. The Bertz CT molecular complexity index is 1130. The van der Waals surface area contributed by atoms with Crippen LogP contribution >= 0.6 is 11.3 Å². The van der Waals surface area contributed by atoms with Gasteiger partial charge in [0.2, 0.25) is 0 Å². The number of aromatic nitrogens is 2. The molecule has 0 saturated carbocycles. The Labute approximate surface area is 185 Å². The first kappa shape index (κ1) is 21.3. The Morgan fingerprint density at radius 2 is 2.06 bits per heavy atom. The number of carbonyl (C=O) groups is 1. The van der Waals surface area contributed by atoms with Crippen LogP contribution in [0.2, 0.25) is 0 Å². The molecule has 0 atom stereocenters. The van der Waals surface area contributed by atoms with E-state index >= 15 is 0 Å². The van der Waals surface area contributed by atoms with Crippen molar-refractivity contribution >= 4 is 34.0 Å². The van der Waals surface area contributed by atoms with Crippen molar-refractivity contribution in [1.29, 1.82) is 0 Å². The molecule has 1 aliphatic heterocycles. The van der Waals surface area contributed by atoms with Crippen molar-refractivity contribution in [3.8, 4) is 0 Å². The van der Waals surface area contributed by atoms with E-state index in [9.17, 15) is 9.59 Å². The van der Waals surface area contributed by atoms with Crippen LogP contribution in [-0.4, -0.2) is 53.1 Å². The van der Waals surface area contributed by atoms with Crippen molar-refractivity contribution < 1.29 is 9.53 Å². The zero-order chi connectivity index (χ0) is 21.8. The molecule has 1 saturated heterocycles. The lowest BCUT2D eigenvalue weighted by atomic mass is 10.1. The zero-order valence-electron chi connectivity index (χ0n) is 17.6. The van der Waals surface area contributed by atoms with Crippen LogP contribution in [0.4, 0.5) is 5.69 Å². The minimum atomic E-state index is -0.105. The van der Waals surface area contributed by atoms with Crippen LogP contribution in [0.15, 0.2) is 53.3 Å². The summed E-state index contributed by atoms with van der Waals surface area (Å²) >= 11 is 1.46. The normalized spacial score (nSPS) is 14.2. The molecule has 8 heteroatoms. The summed E-state index contributed by atoms with van der Waals surface area (Å²) in [6.45, 7) is 9.33. The fourth-order valence-corrected chi connectivity index (χ4v) is 4.69. The average molecular weight is 439 g/mol. The Hall–Kier alpha value is -2.97. The molecule has 7 nitrogen and oxygen atoms in total. The monoisotopic (exact) mass is 438 g/mol. The van der Waals surface area contributed by atoms with Crippen molar-refractivity contribution in [2.45, 2.75) is 20.1 Å². The number of carbonyl (C=O) groups excluding carboxylic acids is 1. The van der Waals surface area contributed by atoms with E-state index in [-0.39, 0.29) is 18.1 Å². The fourth-order valence-electron chi connectivity index (χ4n) is 4.00. The summed E-state index contributed by atoms with van der Waals surface area (Å²) in [5.74, 6) is 0.0668. The van der Waals surface area contributed by atoms with Gasteiger partial charge < -0.3 is 14.5 Å². The Morgan fingerprint density at radius 3 is 2.74 bits per heavy atom. The molecule has 0 N–H and O–H groups in total. The number of hydrogen-bond acceptors (Lipinski definition) is 6. The minimum absolute atomic E-state index is 0.0668. The van der Waals surface area contributed by atoms with Gasteiger partial charge in [0, 0.05) is 50.9 Å². The number of allylic oxidation sites excluding steroid dienone is 1. The van der Waals surface area contributed by atoms with Crippen LogP contribution in [0.1, 0.15) is 22.2 Å². The van der Waals surface area contributed by atoms with Gasteiger partial charge in [-0.25, -0.2) is 4.98 Å². The second-order valence-corrected chi connectivity index (χ2v) is 8.25. The van der Waals surface area contributed by atoms with Crippen LogP contribution in [0.3, 0.4) is 0 Å². The maximum absolute atomic E-state index is 13.4. The molecule has 3 aromatic heterocycles. The van der Waals surface area contributed by atoms with Crippen LogP contribution < -0.4 is 10.5 Å². The highest BCUT2D eigenvalue weighted by Gasteiger charge is 2.27. The third-order valence-corrected chi connectivity index (χ3v) is 6.32. The molecule has 1 aliphatic rings. The molecule has 0 aromatic carbocycles. The number of fused-ring (bicyclic) bond motifs is 1. The van der Waals surface area contributed by atoms with Crippen LogP contribution in [0.5, 0.6) is 0 Å². The number of ether oxygens (including phenoxy) is 1. The number of piperazine rings is 1. The van der Waals surface area contributed by atoms with Gasteiger partial charge in [0.15, 0.2) is 0 Å². The van der Waals surface area contributed by atoms with Gasteiger partial charge >= 0.3 is 0 Å². The predicted molar refractivity (Wildman–Crippen MR) is 124 cm³/mol. The van der Waals surface area contributed by atoms with Gasteiger partial charge in [0.05, 0.1) is 22.7 Å². The second kappa shape index (κ2) is 9.45. The molecule has 162 valence electrons. The van der Waals surface area contributed by atoms with Crippen molar-refractivity contribution in [3.05, 3.63) is 69.3 Å². The molecule has 0 unspecified atom stereocenters. The van der Waals surface area contributed by atoms with E-state index in [4.69, 9.17) is 4.74 Å². The number of thiophene rings is 1. The summed E-state index contributed by atoms with van der Waals surface area (Å²) in [7, 11) is 0. The van der Waals surface area contributed by atoms with Gasteiger partial charge in [0.25, 0.3) is 11.5 Å². The molecule has 0 bridgehead atoms. The molecule has 0 radical (unpaired) electrons. The molecular weight excluding hydrogens is 412 g/mol. The molecule has 0 spiro atoms. The lowest BCUT2D eigenvalue weighted by molar-refractivity contribution is 0.0751. The molecule has 3 aromatic rings. The molecule has 31 heavy (non-hydrogen) atoms. The van der Waals surface area contributed by atoms with E-state index in [1.807, 2.05) is 41.5 Å². The summed E-state index contributed by atoms with van der Waals surface area (Å²) in [5, 5.41) is 2.83. The number of rotatable bonds is 7. The van der Waals surface area contributed by atoms with Gasteiger partial charge in [-0.3, -0.25) is 14.2 Å². The number of amides is 1. The largest absolute Gasteiger partial charge is 0.377 e. The van der Waals surface area contributed by atoms with Crippen LogP contribution in [-0.2, 0) is 17.9 Å². The fraction of sp³-hybridized carbons (Fsp3) is 0.348. The number of hydrogen-bond donors (Lipinski definition) is 0. The number of pyridine rings is 2. The highest BCUT2D eigenvalue weighted by Crippen LogP contribution is 2.30. The highest BCUT2D eigenvalue weighted by molar-refractivity contribution is 7.12. The van der Waals surface area contributed by atoms with Crippen molar-refractivity contribution in [1.82, 2.24) is 14.5 Å². The van der Waals surface area contributed by atoms with Gasteiger partial charge in [-0.15, -0.1) is 17.9 Å². The third-order valence-electron chi connectivity index (χ3n) is 5.46. The van der Waals surface area contributed by atoms with Gasteiger partial charge in [-0.1, -0.05) is 12.1 Å². The Morgan fingerprint density at radius 1 is 1.26 bits per heavy atom. The van der Waals surface area contributed by atoms with Crippen LogP contribution in [0, 0.1) is 0 Å². The summed E-state index contributed by atoms with van der Waals surface area (Å²) in [6.07, 6.45) is 3.40. The molecule has 4 heterocycles. The smallest absolute Gasteiger partial charge is 0.264 e. The third kappa shape index (κ3) is 4.13. The zero-order valence-corrected chi connectivity index (χ0v) is 18.4. The van der Waals surface area contributed by atoms with E-state index < -0.39 is 0 Å². The van der Waals surface area contributed by atoms with Gasteiger partial charge in [-0.05, 0) is 30.5 Å². The Balaban J connectivity index is 1.71. The average Bonchev–Trinajstić information content (AvgIpc) is 3.34.